The van der Waals surface area contributed by atoms with Crippen LogP contribution in [-0.4, -0.2) is 45.3 Å². The van der Waals surface area contributed by atoms with Gasteiger partial charge in [0.2, 0.25) is 0 Å². The summed E-state index contributed by atoms with van der Waals surface area (Å²) in [4.78, 5) is 0. The van der Waals surface area contributed by atoms with Gasteiger partial charge in [-0.3, -0.25) is 0 Å². The van der Waals surface area contributed by atoms with Gasteiger partial charge in [-0.1, -0.05) is 166 Å². The average molecular weight is 801 g/mol. The van der Waals surface area contributed by atoms with E-state index in [-0.39, 0.29) is 17.3 Å². The van der Waals surface area contributed by atoms with Crippen LogP contribution < -0.4 is 0 Å². The van der Waals surface area contributed by atoms with E-state index in [1.165, 1.54) is 19.3 Å². The van der Waals surface area contributed by atoms with Gasteiger partial charge in [0.25, 0.3) is 0 Å². The zero-order valence-corrected chi connectivity index (χ0v) is 43.0. The Morgan fingerprint density at radius 3 is 0.839 bits per heavy atom. The highest BCUT2D eigenvalue weighted by atomic mass is 16.3. The molecule has 0 saturated heterocycles. The van der Waals surface area contributed by atoms with E-state index >= 15 is 0 Å². The largest absolute Gasteiger partial charge is 0.396 e. The number of aliphatic hydroxyl groups is 4. The van der Waals surface area contributed by atoms with E-state index in [2.05, 4.69) is 138 Å². The Morgan fingerprint density at radius 1 is 0.339 bits per heavy atom. The molecule has 344 valence electrons. The molecule has 0 heterocycles. The zero-order chi connectivity index (χ0) is 45.3. The Balaban J connectivity index is -0.000000328. The lowest BCUT2D eigenvalue weighted by molar-refractivity contribution is -0.0829. The number of hydrogen-bond acceptors (Lipinski definition) is 4. The van der Waals surface area contributed by atoms with Crippen molar-refractivity contribution in [3.8, 4) is 0 Å². The van der Waals surface area contributed by atoms with Crippen molar-refractivity contribution in [2.24, 2.45) is 94.2 Å². The van der Waals surface area contributed by atoms with E-state index in [1.807, 2.05) is 27.7 Å². The van der Waals surface area contributed by atoms with Gasteiger partial charge in [0.1, 0.15) is 0 Å². The molecule has 4 N–H and O–H groups in total. The van der Waals surface area contributed by atoms with E-state index in [0.717, 1.165) is 66.6 Å². The van der Waals surface area contributed by atoms with Crippen LogP contribution in [0.2, 0.25) is 0 Å². The summed E-state index contributed by atoms with van der Waals surface area (Å²) in [5.41, 5.74) is 0.163. The molecule has 0 aromatic carbocycles. The Hall–Kier alpha value is -0.160. The minimum absolute atomic E-state index is 0.149. The van der Waals surface area contributed by atoms with Gasteiger partial charge in [-0.05, 0) is 140 Å². The zero-order valence-electron chi connectivity index (χ0n) is 43.0. The van der Waals surface area contributed by atoms with Gasteiger partial charge < -0.3 is 20.4 Å². The predicted molar refractivity (Wildman–Crippen MR) is 253 cm³/mol. The summed E-state index contributed by atoms with van der Waals surface area (Å²) >= 11 is 0. The fraction of sp³-hybridized carbons (Fsp3) is 1.00. The summed E-state index contributed by atoms with van der Waals surface area (Å²) in [6.45, 7) is 54.0. The molecule has 4 atom stereocenters. The van der Waals surface area contributed by atoms with Gasteiger partial charge >= 0.3 is 0 Å². The predicted octanol–water partition coefficient (Wildman–Crippen LogP) is 14.8. The summed E-state index contributed by atoms with van der Waals surface area (Å²) in [6, 6.07) is 0. The molecule has 0 radical (unpaired) electrons. The molecule has 0 fully saturated rings. The number of aliphatic hydroxyl groups excluding tert-OH is 4. The minimum atomic E-state index is -0.846. The Labute approximate surface area is 356 Å². The van der Waals surface area contributed by atoms with Gasteiger partial charge in [-0.25, -0.2) is 0 Å². The lowest BCUT2D eigenvalue weighted by Crippen LogP contribution is -2.43. The monoisotopic (exact) mass is 801 g/mol. The average Bonchev–Trinajstić information content (AvgIpc) is 2.97. The van der Waals surface area contributed by atoms with Crippen molar-refractivity contribution in [1.29, 1.82) is 0 Å². The molecular weight excluding hydrogens is 689 g/mol. The molecule has 0 aromatic heterocycles. The van der Waals surface area contributed by atoms with E-state index < -0.39 is 18.3 Å². The van der Waals surface area contributed by atoms with Crippen LogP contribution in [0.1, 0.15) is 218 Å². The summed E-state index contributed by atoms with van der Waals surface area (Å²) in [7, 11) is 0. The van der Waals surface area contributed by atoms with Crippen LogP contribution in [0.15, 0.2) is 0 Å². The van der Waals surface area contributed by atoms with Gasteiger partial charge in [0.05, 0.1) is 18.3 Å². The van der Waals surface area contributed by atoms with E-state index in [0.29, 0.717) is 49.0 Å². The van der Waals surface area contributed by atoms with Crippen LogP contribution in [0, 0.1) is 94.2 Å². The molecule has 0 bridgehead atoms. The molecule has 0 saturated carbocycles. The summed E-state index contributed by atoms with van der Waals surface area (Å²) in [6.07, 6.45) is 6.72. The molecule has 0 aliphatic rings. The molecule has 0 aliphatic heterocycles. The third-order valence-electron chi connectivity index (χ3n) is 11.2. The fourth-order valence-electron chi connectivity index (χ4n) is 9.34. The van der Waals surface area contributed by atoms with Gasteiger partial charge in [-0.2, -0.15) is 0 Å². The first-order chi connectivity index (χ1) is 25.4. The van der Waals surface area contributed by atoms with Gasteiger partial charge in [0.15, 0.2) is 0 Å². The maximum Gasteiger partial charge on any atom is 0.0854 e. The SMILES string of the molecule is CC(C)CC(C(C)C)C(C)C.CC(C)CC(CC(C)C)C(C)C.CC(C)CC(CO)(CC(C)C)CC(C)C.CC(C)CC(O)C(O)C(C(C)C)C(O)CC(C)C. The molecular formula is C52H112O4. The van der Waals surface area contributed by atoms with Crippen LogP contribution in [0.4, 0.5) is 0 Å². The van der Waals surface area contributed by atoms with Crippen LogP contribution in [0.3, 0.4) is 0 Å². The van der Waals surface area contributed by atoms with Crippen LogP contribution >= 0.6 is 0 Å². The standard InChI is InChI=1S/C15H32O3.C14H30O.C12H26.C11H24/c1-9(2)7-12(16)14(11(5)6)15(18)13(17)8-10(3)4;1-11(2)7-14(10-15,8-12(3)4)9-13(5)6;1-9(2)7-12(11(5)6)8-10(3)4;1-8(2)7-11(9(3)4)10(5)6/h9-18H,7-8H2,1-6H3;11-13,15H,7-10H2,1-6H3;9-12H,7-8H2,1-6H3;8-11H,7H2,1-6H3. The van der Waals surface area contributed by atoms with E-state index in [4.69, 9.17) is 0 Å². The second-order valence-electron chi connectivity index (χ2n) is 23.2. The van der Waals surface area contributed by atoms with Crippen molar-refractivity contribution in [2.45, 2.75) is 236 Å². The van der Waals surface area contributed by atoms with Crippen molar-refractivity contribution in [2.75, 3.05) is 6.61 Å². The quantitative estimate of drug-likeness (QED) is 0.0784. The van der Waals surface area contributed by atoms with E-state index in [9.17, 15) is 20.4 Å². The Morgan fingerprint density at radius 2 is 0.643 bits per heavy atom. The second kappa shape index (κ2) is 33.5. The first-order valence-corrected chi connectivity index (χ1v) is 24.0. The van der Waals surface area contributed by atoms with Gasteiger partial charge in [-0.15, -0.1) is 0 Å². The fourth-order valence-corrected chi connectivity index (χ4v) is 9.34. The third kappa shape index (κ3) is 34.7. The van der Waals surface area contributed by atoms with Crippen molar-refractivity contribution in [3.05, 3.63) is 0 Å². The van der Waals surface area contributed by atoms with E-state index in [1.54, 1.807) is 0 Å². The molecule has 4 heteroatoms. The lowest BCUT2D eigenvalue weighted by atomic mass is 9.70. The third-order valence-corrected chi connectivity index (χ3v) is 11.2. The molecule has 0 rings (SSSR count). The second-order valence-corrected chi connectivity index (χ2v) is 23.2. The topological polar surface area (TPSA) is 80.9 Å². The maximum absolute atomic E-state index is 10.3. The Bertz CT molecular complexity index is 793. The summed E-state index contributed by atoms with van der Waals surface area (Å²) in [5, 5.41) is 40.3. The van der Waals surface area contributed by atoms with Crippen LogP contribution in [-0.2, 0) is 0 Å². The Kier molecular flexibility index (Phi) is 37.4. The first-order valence-electron chi connectivity index (χ1n) is 24.0. The minimum Gasteiger partial charge on any atom is -0.396 e. The van der Waals surface area contributed by atoms with Crippen molar-refractivity contribution < 1.29 is 20.4 Å². The summed E-state index contributed by atoms with van der Waals surface area (Å²) in [5.74, 6) is 9.60. The van der Waals surface area contributed by atoms with Crippen molar-refractivity contribution in [3.63, 3.8) is 0 Å². The molecule has 0 aromatic rings. The number of rotatable bonds is 24. The molecule has 4 unspecified atom stereocenters. The molecule has 4 nitrogen and oxygen atoms in total. The maximum atomic E-state index is 10.3. The molecule has 56 heavy (non-hydrogen) atoms. The van der Waals surface area contributed by atoms with Crippen LogP contribution in [0.5, 0.6) is 0 Å². The van der Waals surface area contributed by atoms with Crippen LogP contribution in [0.25, 0.3) is 0 Å². The lowest BCUT2D eigenvalue weighted by Gasteiger charge is -2.36. The molecule has 0 amide bonds. The number of hydrogen-bond donors (Lipinski definition) is 4. The van der Waals surface area contributed by atoms with Gasteiger partial charge in [0, 0.05) is 12.5 Å². The smallest absolute Gasteiger partial charge is 0.0854 e. The van der Waals surface area contributed by atoms with Crippen molar-refractivity contribution >= 4 is 0 Å². The molecule has 0 spiro atoms. The molecule has 0 aliphatic carbocycles. The first kappa shape index (κ1) is 62.5. The highest BCUT2D eigenvalue weighted by Gasteiger charge is 2.35. The summed E-state index contributed by atoms with van der Waals surface area (Å²) < 4.78 is 0. The van der Waals surface area contributed by atoms with Crippen molar-refractivity contribution in [1.82, 2.24) is 0 Å². The highest BCUT2D eigenvalue weighted by Crippen LogP contribution is 2.39. The highest BCUT2D eigenvalue weighted by molar-refractivity contribution is 4.85. The normalized spacial score (nSPS) is 14.9.